The highest BCUT2D eigenvalue weighted by molar-refractivity contribution is 6.10. The van der Waals surface area contributed by atoms with Crippen molar-refractivity contribution in [1.82, 2.24) is 4.98 Å². The van der Waals surface area contributed by atoms with Crippen molar-refractivity contribution in [2.45, 2.75) is 6.92 Å². The molecule has 0 saturated carbocycles. The van der Waals surface area contributed by atoms with E-state index in [1.165, 1.54) is 32.2 Å². The number of carbonyl (C=O) groups excluding carboxylic acids is 2. The first-order valence-corrected chi connectivity index (χ1v) is 5.20. The van der Waals surface area contributed by atoms with E-state index in [1.54, 1.807) is 0 Å². The first-order chi connectivity index (χ1) is 8.52. The van der Waals surface area contributed by atoms with Crippen LogP contribution in [-0.2, 0) is 9.53 Å². The van der Waals surface area contributed by atoms with E-state index in [4.69, 9.17) is 0 Å². The van der Waals surface area contributed by atoms with E-state index in [-0.39, 0.29) is 17.3 Å². The van der Waals surface area contributed by atoms with Gasteiger partial charge < -0.3 is 15.0 Å². The van der Waals surface area contributed by atoms with Crippen LogP contribution in [-0.4, -0.2) is 24.0 Å². The Morgan fingerprint density at radius 1 is 1.39 bits per heavy atom. The molecule has 6 heteroatoms. The smallest absolute Gasteiger partial charge is 0.356 e. The van der Waals surface area contributed by atoms with E-state index in [2.05, 4.69) is 15.0 Å². The van der Waals surface area contributed by atoms with Gasteiger partial charge in [0.05, 0.1) is 12.8 Å². The lowest BCUT2D eigenvalue weighted by Gasteiger charge is -2.03. The maximum Gasteiger partial charge on any atom is 0.356 e. The SMILES string of the molecule is COC(=O)c1[nH]c2ccc(F)cc2c1NC(C)=O. The fourth-order valence-corrected chi connectivity index (χ4v) is 1.73. The second-order valence-electron chi connectivity index (χ2n) is 3.74. The van der Waals surface area contributed by atoms with Crippen molar-refractivity contribution < 1.29 is 18.7 Å². The molecule has 0 bridgehead atoms. The number of H-pyrrole nitrogens is 1. The van der Waals surface area contributed by atoms with Gasteiger partial charge in [0.1, 0.15) is 11.5 Å². The second kappa shape index (κ2) is 4.48. The number of anilines is 1. The third-order valence-electron chi connectivity index (χ3n) is 2.45. The quantitative estimate of drug-likeness (QED) is 0.801. The van der Waals surface area contributed by atoms with E-state index in [0.29, 0.717) is 10.9 Å². The molecule has 2 N–H and O–H groups in total. The summed E-state index contributed by atoms with van der Waals surface area (Å²) in [5.74, 6) is -1.44. The zero-order valence-electron chi connectivity index (χ0n) is 9.83. The number of halogens is 1. The number of hydrogen-bond acceptors (Lipinski definition) is 3. The molecule has 0 unspecified atom stereocenters. The number of hydrogen-bond donors (Lipinski definition) is 2. The Labute approximate surface area is 102 Å². The molecule has 94 valence electrons. The predicted molar refractivity (Wildman–Crippen MR) is 63.9 cm³/mol. The number of aromatic amines is 1. The lowest BCUT2D eigenvalue weighted by Crippen LogP contribution is -2.11. The van der Waals surface area contributed by atoms with Gasteiger partial charge >= 0.3 is 5.97 Å². The third-order valence-corrected chi connectivity index (χ3v) is 2.45. The molecule has 0 radical (unpaired) electrons. The zero-order chi connectivity index (χ0) is 13.3. The fraction of sp³-hybridized carbons (Fsp3) is 0.167. The van der Waals surface area contributed by atoms with Crippen molar-refractivity contribution in [1.29, 1.82) is 0 Å². The van der Waals surface area contributed by atoms with Crippen LogP contribution in [0.15, 0.2) is 18.2 Å². The number of amides is 1. The van der Waals surface area contributed by atoms with Gasteiger partial charge in [0, 0.05) is 17.8 Å². The van der Waals surface area contributed by atoms with Crippen molar-refractivity contribution in [3.05, 3.63) is 29.7 Å². The average Bonchev–Trinajstić information content (AvgIpc) is 2.66. The predicted octanol–water partition coefficient (Wildman–Crippen LogP) is 2.05. The Morgan fingerprint density at radius 3 is 2.72 bits per heavy atom. The van der Waals surface area contributed by atoms with Gasteiger partial charge in [-0.05, 0) is 18.2 Å². The highest BCUT2D eigenvalue weighted by Gasteiger charge is 2.19. The van der Waals surface area contributed by atoms with Crippen LogP contribution < -0.4 is 5.32 Å². The zero-order valence-corrected chi connectivity index (χ0v) is 9.83. The summed E-state index contributed by atoms with van der Waals surface area (Å²) in [5.41, 5.74) is 0.859. The second-order valence-corrected chi connectivity index (χ2v) is 3.74. The molecular formula is C12H11FN2O3. The largest absolute Gasteiger partial charge is 0.464 e. The summed E-state index contributed by atoms with van der Waals surface area (Å²) in [6, 6.07) is 3.99. The summed E-state index contributed by atoms with van der Waals surface area (Å²) in [7, 11) is 1.23. The average molecular weight is 250 g/mol. The summed E-state index contributed by atoms with van der Waals surface area (Å²) in [6.45, 7) is 1.30. The maximum atomic E-state index is 13.2. The van der Waals surface area contributed by atoms with E-state index in [0.717, 1.165) is 0 Å². The lowest BCUT2D eigenvalue weighted by atomic mass is 10.2. The first kappa shape index (κ1) is 12.1. The number of ether oxygens (including phenoxy) is 1. The topological polar surface area (TPSA) is 71.2 Å². The number of rotatable bonds is 2. The molecule has 1 amide bonds. The van der Waals surface area contributed by atoms with Gasteiger partial charge in [-0.3, -0.25) is 4.79 Å². The number of esters is 1. The number of benzene rings is 1. The van der Waals surface area contributed by atoms with Crippen LogP contribution in [0.25, 0.3) is 10.9 Å². The van der Waals surface area contributed by atoms with Crippen LogP contribution in [0.1, 0.15) is 17.4 Å². The molecule has 18 heavy (non-hydrogen) atoms. The van der Waals surface area contributed by atoms with E-state index in [1.807, 2.05) is 0 Å². The van der Waals surface area contributed by atoms with E-state index >= 15 is 0 Å². The Bertz CT molecular complexity index is 634. The Morgan fingerprint density at radius 2 is 2.11 bits per heavy atom. The molecule has 0 aliphatic carbocycles. The van der Waals surface area contributed by atoms with Gasteiger partial charge in [0.25, 0.3) is 0 Å². The molecule has 0 fully saturated rings. The van der Waals surface area contributed by atoms with Gasteiger partial charge in [-0.1, -0.05) is 0 Å². The molecule has 2 aromatic rings. The maximum absolute atomic E-state index is 13.2. The molecule has 0 saturated heterocycles. The Balaban J connectivity index is 2.68. The molecule has 0 aliphatic rings. The van der Waals surface area contributed by atoms with Gasteiger partial charge in [0.15, 0.2) is 0 Å². The monoisotopic (exact) mass is 250 g/mol. The van der Waals surface area contributed by atoms with Gasteiger partial charge in [-0.15, -0.1) is 0 Å². The van der Waals surface area contributed by atoms with Crippen molar-refractivity contribution in [3.8, 4) is 0 Å². The summed E-state index contributed by atoms with van der Waals surface area (Å²) in [6.07, 6.45) is 0. The summed E-state index contributed by atoms with van der Waals surface area (Å²) in [5, 5.41) is 2.92. The van der Waals surface area contributed by atoms with Crippen LogP contribution in [0, 0.1) is 5.82 Å². The van der Waals surface area contributed by atoms with Crippen LogP contribution >= 0.6 is 0 Å². The van der Waals surface area contributed by atoms with Gasteiger partial charge in [0.2, 0.25) is 5.91 Å². The molecular weight excluding hydrogens is 239 g/mol. The molecule has 1 aromatic carbocycles. The van der Waals surface area contributed by atoms with E-state index < -0.39 is 11.8 Å². The number of nitrogens with one attached hydrogen (secondary N) is 2. The van der Waals surface area contributed by atoms with Crippen LogP contribution in [0.4, 0.5) is 10.1 Å². The van der Waals surface area contributed by atoms with Gasteiger partial charge in [-0.25, -0.2) is 9.18 Å². The van der Waals surface area contributed by atoms with Crippen LogP contribution in [0.2, 0.25) is 0 Å². The minimum Gasteiger partial charge on any atom is -0.464 e. The Hall–Kier alpha value is -2.37. The first-order valence-electron chi connectivity index (χ1n) is 5.20. The number of methoxy groups -OCH3 is 1. The van der Waals surface area contributed by atoms with Crippen molar-refractivity contribution in [2.75, 3.05) is 12.4 Å². The number of fused-ring (bicyclic) bond motifs is 1. The molecule has 0 atom stereocenters. The summed E-state index contributed by atoms with van der Waals surface area (Å²) < 4.78 is 17.8. The van der Waals surface area contributed by atoms with Gasteiger partial charge in [-0.2, -0.15) is 0 Å². The Kier molecular flexibility index (Phi) is 3.01. The van der Waals surface area contributed by atoms with Crippen LogP contribution in [0.3, 0.4) is 0 Å². The molecule has 5 nitrogen and oxygen atoms in total. The summed E-state index contributed by atoms with van der Waals surface area (Å²) >= 11 is 0. The molecule has 0 spiro atoms. The lowest BCUT2D eigenvalue weighted by molar-refractivity contribution is -0.114. The minimum atomic E-state index is -0.629. The van der Waals surface area contributed by atoms with Crippen molar-refractivity contribution in [3.63, 3.8) is 0 Å². The fourth-order valence-electron chi connectivity index (χ4n) is 1.73. The number of aromatic nitrogens is 1. The molecule has 1 heterocycles. The normalized spacial score (nSPS) is 10.4. The highest BCUT2D eigenvalue weighted by Crippen LogP contribution is 2.28. The molecule has 2 rings (SSSR count). The minimum absolute atomic E-state index is 0.0910. The highest BCUT2D eigenvalue weighted by atomic mass is 19.1. The molecule has 1 aromatic heterocycles. The summed E-state index contributed by atoms with van der Waals surface area (Å²) in [4.78, 5) is 25.5. The van der Waals surface area contributed by atoms with Crippen molar-refractivity contribution in [2.24, 2.45) is 0 Å². The van der Waals surface area contributed by atoms with Crippen molar-refractivity contribution >= 4 is 28.5 Å². The van der Waals surface area contributed by atoms with Crippen LogP contribution in [0.5, 0.6) is 0 Å². The number of carbonyl (C=O) groups is 2. The third kappa shape index (κ3) is 2.04. The standard InChI is InChI=1S/C12H11FN2O3/c1-6(16)14-10-8-5-7(13)3-4-9(8)15-11(10)12(17)18-2/h3-5,15H,1-2H3,(H,14,16). The molecule has 0 aliphatic heterocycles. The van der Waals surface area contributed by atoms with E-state index in [9.17, 15) is 14.0 Å².